The van der Waals surface area contributed by atoms with Crippen LogP contribution in [0.1, 0.15) is 37.8 Å². The summed E-state index contributed by atoms with van der Waals surface area (Å²) in [5, 5.41) is 0. The predicted octanol–water partition coefficient (Wildman–Crippen LogP) is 4.77. The number of hydrogen-bond donors (Lipinski definition) is 0. The van der Waals surface area contributed by atoms with E-state index >= 15 is 0 Å². The maximum Gasteiger partial charge on any atom is 0.323 e. The van der Waals surface area contributed by atoms with Crippen LogP contribution in [0, 0.1) is 11.3 Å². The Morgan fingerprint density at radius 1 is 0.931 bits per heavy atom. The molecule has 0 heterocycles. The lowest BCUT2D eigenvalue weighted by Gasteiger charge is -2.39. The molecule has 0 spiro atoms. The van der Waals surface area contributed by atoms with Gasteiger partial charge in [-0.25, -0.2) is 0 Å². The van der Waals surface area contributed by atoms with Crippen molar-refractivity contribution < 1.29 is 19.1 Å². The largest absolute Gasteiger partial charge is 0.468 e. The van der Waals surface area contributed by atoms with E-state index in [4.69, 9.17) is 9.47 Å². The topological polar surface area (TPSA) is 52.6 Å². The molecule has 150 valence electrons. The van der Waals surface area contributed by atoms with Gasteiger partial charge in [0.05, 0.1) is 14.2 Å². The van der Waals surface area contributed by atoms with Crippen LogP contribution in [0.25, 0.3) is 16.7 Å². The Labute approximate surface area is 171 Å². The molecule has 4 heteroatoms. The monoisotopic (exact) mass is 390 g/mol. The van der Waals surface area contributed by atoms with Crippen LogP contribution in [0.2, 0.25) is 0 Å². The van der Waals surface area contributed by atoms with Crippen LogP contribution in [-0.2, 0) is 24.5 Å². The van der Waals surface area contributed by atoms with Crippen molar-refractivity contribution in [1.29, 1.82) is 0 Å². The highest BCUT2D eigenvalue weighted by Gasteiger charge is 2.56. The fraction of sp³-hybridized carbons (Fsp3) is 0.360. The number of rotatable bonds is 3. The second kappa shape index (κ2) is 6.87. The Morgan fingerprint density at radius 3 is 2.21 bits per heavy atom. The smallest absolute Gasteiger partial charge is 0.323 e. The molecule has 2 aliphatic rings. The molecule has 0 saturated carbocycles. The first-order valence-corrected chi connectivity index (χ1v) is 9.92. The van der Waals surface area contributed by atoms with E-state index in [0.717, 1.165) is 0 Å². The SMILES string of the molecule is COC(=O)C1(C(=O)OC)CC=C2c3ccc(-c4ccccc4)cc3C(C)(C)C2C1. The Hall–Kier alpha value is -2.88. The number of allylic oxidation sites excluding steroid dienone is 2. The molecule has 29 heavy (non-hydrogen) atoms. The molecule has 0 amide bonds. The van der Waals surface area contributed by atoms with Gasteiger partial charge in [-0.3, -0.25) is 9.59 Å². The second-order valence-corrected chi connectivity index (χ2v) is 8.53. The van der Waals surface area contributed by atoms with E-state index in [-0.39, 0.29) is 11.3 Å². The molecule has 0 aromatic heterocycles. The van der Waals surface area contributed by atoms with Crippen LogP contribution < -0.4 is 0 Å². The maximum absolute atomic E-state index is 12.6. The summed E-state index contributed by atoms with van der Waals surface area (Å²) < 4.78 is 10.0. The van der Waals surface area contributed by atoms with Crippen LogP contribution in [-0.4, -0.2) is 26.2 Å². The Morgan fingerprint density at radius 2 is 1.59 bits per heavy atom. The minimum atomic E-state index is -1.28. The second-order valence-electron chi connectivity index (χ2n) is 8.53. The number of hydrogen-bond acceptors (Lipinski definition) is 4. The fourth-order valence-electron chi connectivity index (χ4n) is 5.04. The molecular formula is C25H26O4. The van der Waals surface area contributed by atoms with Crippen LogP contribution in [0.5, 0.6) is 0 Å². The van der Waals surface area contributed by atoms with E-state index < -0.39 is 17.4 Å². The molecule has 0 fully saturated rings. The van der Waals surface area contributed by atoms with E-state index in [0.29, 0.717) is 12.8 Å². The average Bonchev–Trinajstić information content (AvgIpc) is 2.99. The third-order valence-electron chi connectivity index (χ3n) is 6.75. The highest BCUT2D eigenvalue weighted by molar-refractivity contribution is 6.01. The van der Waals surface area contributed by atoms with Crippen molar-refractivity contribution in [2.75, 3.05) is 14.2 Å². The quantitative estimate of drug-likeness (QED) is 0.560. The van der Waals surface area contributed by atoms with Crippen molar-refractivity contribution in [3.8, 4) is 11.1 Å². The van der Waals surface area contributed by atoms with Crippen molar-refractivity contribution in [3.63, 3.8) is 0 Å². The zero-order valence-corrected chi connectivity index (χ0v) is 17.3. The van der Waals surface area contributed by atoms with Crippen molar-refractivity contribution in [2.24, 2.45) is 11.3 Å². The van der Waals surface area contributed by atoms with Gasteiger partial charge < -0.3 is 9.47 Å². The van der Waals surface area contributed by atoms with E-state index in [1.54, 1.807) is 0 Å². The molecule has 2 aromatic carbocycles. The zero-order valence-electron chi connectivity index (χ0n) is 17.3. The molecule has 0 bridgehead atoms. The Balaban J connectivity index is 1.80. The lowest BCUT2D eigenvalue weighted by Crippen LogP contribution is -2.46. The molecule has 2 aromatic rings. The third-order valence-corrected chi connectivity index (χ3v) is 6.75. The highest BCUT2D eigenvalue weighted by atomic mass is 16.5. The number of ether oxygens (including phenoxy) is 2. The molecule has 2 aliphatic carbocycles. The van der Waals surface area contributed by atoms with Crippen molar-refractivity contribution >= 4 is 17.5 Å². The van der Waals surface area contributed by atoms with Crippen molar-refractivity contribution in [3.05, 3.63) is 65.7 Å². The number of fused-ring (bicyclic) bond motifs is 3. The number of esters is 2. The molecule has 0 radical (unpaired) electrons. The number of carbonyl (C=O) groups is 2. The van der Waals surface area contributed by atoms with Gasteiger partial charge in [-0.1, -0.05) is 62.4 Å². The minimum Gasteiger partial charge on any atom is -0.468 e. The van der Waals surface area contributed by atoms with Gasteiger partial charge >= 0.3 is 11.9 Å². The van der Waals surface area contributed by atoms with Crippen molar-refractivity contribution in [1.82, 2.24) is 0 Å². The van der Waals surface area contributed by atoms with Crippen LogP contribution in [0.4, 0.5) is 0 Å². The molecule has 0 N–H and O–H groups in total. The minimum absolute atomic E-state index is 0.0375. The lowest BCUT2D eigenvalue weighted by atomic mass is 9.64. The van der Waals surface area contributed by atoms with Gasteiger partial charge in [0, 0.05) is 0 Å². The Kier molecular flexibility index (Phi) is 4.60. The van der Waals surface area contributed by atoms with E-state index in [1.807, 2.05) is 24.3 Å². The summed E-state index contributed by atoms with van der Waals surface area (Å²) in [6.45, 7) is 4.38. The first-order valence-electron chi connectivity index (χ1n) is 9.92. The first kappa shape index (κ1) is 19.4. The summed E-state index contributed by atoms with van der Waals surface area (Å²) in [5.41, 5.74) is 4.52. The van der Waals surface area contributed by atoms with Gasteiger partial charge in [-0.2, -0.15) is 0 Å². The van der Waals surface area contributed by atoms with Crippen LogP contribution in [0.15, 0.2) is 54.6 Å². The van der Waals surface area contributed by atoms with E-state index in [9.17, 15) is 9.59 Å². The molecule has 1 unspecified atom stereocenters. The summed E-state index contributed by atoms with van der Waals surface area (Å²) in [6.07, 6.45) is 2.73. The Bertz CT molecular complexity index is 985. The average molecular weight is 390 g/mol. The zero-order chi connectivity index (χ0) is 20.8. The van der Waals surface area contributed by atoms with Gasteiger partial charge in [0.15, 0.2) is 5.41 Å². The van der Waals surface area contributed by atoms with Gasteiger partial charge in [-0.05, 0) is 58.1 Å². The molecule has 0 saturated heterocycles. The molecule has 0 aliphatic heterocycles. The third kappa shape index (κ3) is 2.81. The first-order chi connectivity index (χ1) is 13.8. The van der Waals surface area contributed by atoms with Gasteiger partial charge in [0.25, 0.3) is 0 Å². The van der Waals surface area contributed by atoms with E-state index in [2.05, 4.69) is 44.2 Å². The normalized spacial score (nSPS) is 20.8. The molecule has 4 rings (SSSR count). The number of carbonyl (C=O) groups excluding carboxylic acids is 2. The predicted molar refractivity (Wildman–Crippen MR) is 112 cm³/mol. The number of benzene rings is 2. The number of methoxy groups -OCH3 is 2. The highest BCUT2D eigenvalue weighted by Crippen LogP contribution is 2.58. The van der Waals surface area contributed by atoms with Crippen LogP contribution in [0.3, 0.4) is 0 Å². The standard InChI is InChI=1S/C25H26O4/c1-24(2)20-14-17(16-8-6-5-7-9-16)10-11-18(20)19-12-13-25(15-21(19)24,22(26)28-3)23(27)29-4/h5-12,14,21H,13,15H2,1-4H3. The van der Waals surface area contributed by atoms with Gasteiger partial charge in [-0.15, -0.1) is 0 Å². The lowest BCUT2D eigenvalue weighted by molar-refractivity contribution is -0.170. The van der Waals surface area contributed by atoms with Gasteiger partial charge in [0.2, 0.25) is 0 Å². The summed E-state index contributed by atoms with van der Waals surface area (Å²) in [4.78, 5) is 25.3. The maximum atomic E-state index is 12.6. The summed E-state index contributed by atoms with van der Waals surface area (Å²) in [5.74, 6) is -0.997. The van der Waals surface area contributed by atoms with Crippen LogP contribution >= 0.6 is 0 Å². The molecule has 1 atom stereocenters. The van der Waals surface area contributed by atoms with E-state index in [1.165, 1.54) is 42.0 Å². The molecule has 4 nitrogen and oxygen atoms in total. The van der Waals surface area contributed by atoms with Gasteiger partial charge in [0.1, 0.15) is 0 Å². The summed E-state index contributed by atoms with van der Waals surface area (Å²) >= 11 is 0. The fourth-order valence-corrected chi connectivity index (χ4v) is 5.04. The summed E-state index contributed by atoms with van der Waals surface area (Å²) in [6, 6.07) is 16.9. The van der Waals surface area contributed by atoms with Crippen molar-refractivity contribution in [2.45, 2.75) is 32.1 Å². The molecular weight excluding hydrogens is 364 g/mol. The summed E-state index contributed by atoms with van der Waals surface area (Å²) in [7, 11) is 2.65.